The number of carbonyl (C=O) groups is 1. The second kappa shape index (κ2) is 10.2. The highest BCUT2D eigenvalue weighted by Gasteiger charge is 2.32. The Morgan fingerprint density at radius 2 is 1.96 bits per heavy atom. The van der Waals surface area contributed by atoms with Gasteiger partial charge in [-0.3, -0.25) is 4.79 Å². The fraction of sp³-hybridized carbons (Fsp3) is 0.588. The van der Waals surface area contributed by atoms with Crippen LogP contribution in [0.2, 0.25) is 0 Å². The summed E-state index contributed by atoms with van der Waals surface area (Å²) in [6.07, 6.45) is 4.15. The van der Waals surface area contributed by atoms with Crippen LogP contribution in [-0.4, -0.2) is 45.5 Å². The summed E-state index contributed by atoms with van der Waals surface area (Å²) in [5.74, 6) is 0.982. The first-order chi connectivity index (χ1) is 10.7. The summed E-state index contributed by atoms with van der Waals surface area (Å²) in [5, 5.41) is 6.46. The van der Waals surface area contributed by atoms with Gasteiger partial charge in [-0.2, -0.15) is 11.8 Å². The number of hydrogen-bond donors (Lipinski definition) is 2. The van der Waals surface area contributed by atoms with Crippen LogP contribution in [-0.2, 0) is 10.5 Å². The summed E-state index contributed by atoms with van der Waals surface area (Å²) >= 11 is 1.78. The molecular weight excluding hydrogens is 332 g/mol. The normalized spacial score (nSPS) is 16.4. The summed E-state index contributed by atoms with van der Waals surface area (Å²) in [5.41, 5.74) is 2.04. The maximum absolute atomic E-state index is 12.3. The number of methoxy groups -OCH3 is 1. The van der Waals surface area contributed by atoms with Crippen molar-refractivity contribution in [2.45, 2.75) is 18.6 Å². The summed E-state index contributed by atoms with van der Waals surface area (Å²) in [6, 6.07) is 7.88. The average Bonchev–Trinajstić information content (AvgIpc) is 2.55. The van der Waals surface area contributed by atoms with Crippen LogP contribution in [0.1, 0.15) is 28.8 Å². The van der Waals surface area contributed by atoms with Crippen molar-refractivity contribution in [1.82, 2.24) is 10.6 Å². The highest BCUT2D eigenvalue weighted by Crippen LogP contribution is 2.28. The molecule has 0 aromatic heterocycles. The maximum Gasteiger partial charge on any atom is 0.251 e. The number of rotatable bonds is 7. The lowest BCUT2D eigenvalue weighted by atomic mass is 9.79. The topological polar surface area (TPSA) is 50.4 Å². The third kappa shape index (κ3) is 5.99. The zero-order valence-electron chi connectivity index (χ0n) is 13.9. The smallest absolute Gasteiger partial charge is 0.251 e. The van der Waals surface area contributed by atoms with Crippen LogP contribution < -0.4 is 10.6 Å². The number of hydrogen-bond acceptors (Lipinski definition) is 4. The Hall–Kier alpha value is -0.750. The lowest BCUT2D eigenvalue weighted by molar-refractivity contribution is 0.0512. The first-order valence-electron chi connectivity index (χ1n) is 7.75. The Bertz CT molecular complexity index is 470. The van der Waals surface area contributed by atoms with Gasteiger partial charge in [0.2, 0.25) is 0 Å². The molecule has 1 fully saturated rings. The molecule has 1 aromatic rings. The third-order valence-corrected chi connectivity index (χ3v) is 4.89. The zero-order chi connectivity index (χ0) is 15.8. The van der Waals surface area contributed by atoms with Crippen LogP contribution in [0.25, 0.3) is 0 Å². The van der Waals surface area contributed by atoms with Crippen molar-refractivity contribution in [2.24, 2.45) is 5.41 Å². The van der Waals surface area contributed by atoms with Gasteiger partial charge in [0.15, 0.2) is 0 Å². The Morgan fingerprint density at radius 3 is 2.52 bits per heavy atom. The molecule has 130 valence electrons. The average molecular weight is 359 g/mol. The molecule has 0 saturated carbocycles. The molecule has 0 radical (unpaired) electrons. The van der Waals surface area contributed by atoms with E-state index in [0.29, 0.717) is 13.2 Å². The summed E-state index contributed by atoms with van der Waals surface area (Å²) in [4.78, 5) is 12.3. The van der Waals surface area contributed by atoms with Gasteiger partial charge in [0.25, 0.3) is 5.91 Å². The van der Waals surface area contributed by atoms with Gasteiger partial charge >= 0.3 is 0 Å². The van der Waals surface area contributed by atoms with Gasteiger partial charge < -0.3 is 15.4 Å². The molecule has 0 bridgehead atoms. The van der Waals surface area contributed by atoms with Gasteiger partial charge in [0, 0.05) is 30.4 Å². The van der Waals surface area contributed by atoms with Crippen LogP contribution in [0.3, 0.4) is 0 Å². The third-order valence-electron chi connectivity index (χ3n) is 4.27. The van der Waals surface area contributed by atoms with E-state index in [-0.39, 0.29) is 23.7 Å². The van der Waals surface area contributed by atoms with E-state index in [1.807, 2.05) is 24.3 Å². The second-order valence-electron chi connectivity index (χ2n) is 6.00. The quantitative estimate of drug-likeness (QED) is 0.786. The molecule has 1 aromatic carbocycles. The molecule has 2 N–H and O–H groups in total. The Morgan fingerprint density at radius 1 is 1.30 bits per heavy atom. The van der Waals surface area contributed by atoms with Gasteiger partial charge in [-0.15, -0.1) is 12.4 Å². The largest absolute Gasteiger partial charge is 0.384 e. The van der Waals surface area contributed by atoms with E-state index in [2.05, 4.69) is 16.9 Å². The van der Waals surface area contributed by atoms with Crippen molar-refractivity contribution in [1.29, 1.82) is 0 Å². The number of thioether (sulfide) groups is 1. The number of piperidine rings is 1. The van der Waals surface area contributed by atoms with Crippen molar-refractivity contribution in [3.05, 3.63) is 35.4 Å². The van der Waals surface area contributed by atoms with Gasteiger partial charge in [-0.05, 0) is 49.9 Å². The lowest BCUT2D eigenvalue weighted by Crippen LogP contribution is -2.47. The minimum absolute atomic E-state index is 0. The van der Waals surface area contributed by atoms with E-state index < -0.39 is 0 Å². The minimum Gasteiger partial charge on any atom is -0.384 e. The van der Waals surface area contributed by atoms with Crippen LogP contribution in [0, 0.1) is 5.41 Å². The van der Waals surface area contributed by atoms with Gasteiger partial charge in [0.05, 0.1) is 6.61 Å². The Balaban J connectivity index is 0.00000264. The second-order valence-corrected chi connectivity index (χ2v) is 6.86. The standard InChI is InChI=1S/C17H26N2O2S.ClH/c1-21-13-17(7-9-18-10-8-17)12-19-16(20)15-5-3-14(4-6-15)11-22-2;/h3-6,18H,7-13H2,1-2H3,(H,19,20);1H. The number of nitrogens with one attached hydrogen (secondary N) is 2. The van der Waals surface area contributed by atoms with Crippen LogP contribution in [0.15, 0.2) is 24.3 Å². The summed E-state index contributed by atoms with van der Waals surface area (Å²) < 4.78 is 5.38. The molecule has 1 aliphatic heterocycles. The molecule has 1 heterocycles. The van der Waals surface area contributed by atoms with E-state index >= 15 is 0 Å². The highest BCUT2D eigenvalue weighted by molar-refractivity contribution is 7.97. The van der Waals surface area contributed by atoms with Crippen molar-refractivity contribution in [3.63, 3.8) is 0 Å². The van der Waals surface area contributed by atoms with Gasteiger partial charge in [-0.1, -0.05) is 12.1 Å². The molecule has 2 rings (SSSR count). The van der Waals surface area contributed by atoms with E-state index in [1.165, 1.54) is 5.56 Å². The van der Waals surface area contributed by atoms with Gasteiger partial charge in [0.1, 0.15) is 0 Å². The molecule has 0 atom stereocenters. The van der Waals surface area contributed by atoms with Crippen LogP contribution in [0.5, 0.6) is 0 Å². The number of carbonyl (C=O) groups excluding carboxylic acids is 1. The van der Waals surface area contributed by atoms with E-state index in [4.69, 9.17) is 4.74 Å². The first-order valence-corrected chi connectivity index (χ1v) is 9.14. The SMILES string of the molecule is COCC1(CNC(=O)c2ccc(CSC)cc2)CCNCC1.Cl. The molecule has 6 heteroatoms. The molecule has 1 aliphatic rings. The predicted molar refractivity (Wildman–Crippen MR) is 99.7 cm³/mol. The molecule has 0 aliphatic carbocycles. The first kappa shape index (κ1) is 20.3. The number of halogens is 1. The number of amides is 1. The minimum atomic E-state index is 0. The van der Waals surface area contributed by atoms with E-state index in [9.17, 15) is 4.79 Å². The van der Waals surface area contributed by atoms with Crippen molar-refractivity contribution >= 4 is 30.1 Å². The van der Waals surface area contributed by atoms with E-state index in [1.54, 1.807) is 18.9 Å². The molecule has 0 unspecified atom stereocenters. The predicted octanol–water partition coefficient (Wildman–Crippen LogP) is 2.72. The molecule has 1 amide bonds. The van der Waals surface area contributed by atoms with E-state index in [0.717, 1.165) is 37.2 Å². The van der Waals surface area contributed by atoms with Crippen molar-refractivity contribution in [2.75, 3.05) is 39.6 Å². The number of ether oxygens (including phenoxy) is 1. The molecular formula is C17H27ClN2O2S. The highest BCUT2D eigenvalue weighted by atomic mass is 35.5. The Kier molecular flexibility index (Phi) is 8.99. The number of benzene rings is 1. The summed E-state index contributed by atoms with van der Waals surface area (Å²) in [6.45, 7) is 3.35. The van der Waals surface area contributed by atoms with Crippen LogP contribution in [0.4, 0.5) is 0 Å². The van der Waals surface area contributed by atoms with Gasteiger partial charge in [-0.25, -0.2) is 0 Å². The summed E-state index contributed by atoms with van der Waals surface area (Å²) in [7, 11) is 1.73. The molecule has 4 nitrogen and oxygen atoms in total. The molecule has 0 spiro atoms. The monoisotopic (exact) mass is 358 g/mol. The molecule has 23 heavy (non-hydrogen) atoms. The fourth-order valence-corrected chi connectivity index (χ4v) is 3.45. The Labute approximate surface area is 149 Å². The fourth-order valence-electron chi connectivity index (χ4n) is 2.92. The van der Waals surface area contributed by atoms with Crippen molar-refractivity contribution < 1.29 is 9.53 Å². The molecule has 1 saturated heterocycles. The lowest BCUT2D eigenvalue weighted by Gasteiger charge is -2.37. The van der Waals surface area contributed by atoms with Crippen LogP contribution >= 0.6 is 24.2 Å². The zero-order valence-corrected chi connectivity index (χ0v) is 15.5. The maximum atomic E-state index is 12.3. The van der Waals surface area contributed by atoms with Crippen molar-refractivity contribution in [3.8, 4) is 0 Å².